The van der Waals surface area contributed by atoms with Crippen LogP contribution in [0.25, 0.3) is 5.57 Å². The number of nitrogens with zero attached hydrogens (tertiary/aromatic N) is 1. The van der Waals surface area contributed by atoms with Crippen molar-refractivity contribution in [1.82, 2.24) is 20.6 Å². The van der Waals surface area contributed by atoms with Crippen molar-refractivity contribution < 1.29 is 23.9 Å². The fraction of sp³-hybridized carbons (Fsp3) is 0.333. The topological polar surface area (TPSA) is 134 Å². The zero-order valence-corrected chi connectivity index (χ0v) is 19.7. The van der Waals surface area contributed by atoms with Gasteiger partial charge in [0.2, 0.25) is 5.91 Å². The van der Waals surface area contributed by atoms with Crippen LogP contribution in [0.5, 0.6) is 5.75 Å². The van der Waals surface area contributed by atoms with E-state index >= 15 is 0 Å². The number of imidazole rings is 1. The van der Waals surface area contributed by atoms with Gasteiger partial charge in [0.25, 0.3) is 0 Å². The van der Waals surface area contributed by atoms with Gasteiger partial charge >= 0.3 is 11.8 Å². The number of carbonyl (C=O) groups excluding carboxylic acids is 3. The first kappa shape index (κ1) is 24.6. The van der Waals surface area contributed by atoms with Crippen molar-refractivity contribution in [2.45, 2.75) is 32.7 Å². The first-order valence-corrected chi connectivity index (χ1v) is 10.8. The highest BCUT2D eigenvalue weighted by Crippen LogP contribution is 2.34. The molecule has 0 fully saturated rings. The van der Waals surface area contributed by atoms with Crippen molar-refractivity contribution in [3.8, 4) is 5.75 Å². The minimum Gasteiger partial charge on any atom is -0.497 e. The van der Waals surface area contributed by atoms with Gasteiger partial charge in [-0.15, -0.1) is 0 Å². The van der Waals surface area contributed by atoms with Crippen LogP contribution < -0.4 is 20.7 Å². The van der Waals surface area contributed by atoms with Crippen LogP contribution >= 0.6 is 0 Å². The summed E-state index contributed by atoms with van der Waals surface area (Å²) in [6.45, 7) is 5.80. The normalized spacial score (nSPS) is 13.2. The van der Waals surface area contributed by atoms with Crippen molar-refractivity contribution in [1.29, 1.82) is 0 Å². The molecule has 0 aliphatic carbocycles. The summed E-state index contributed by atoms with van der Waals surface area (Å²) in [4.78, 5) is 44.3. The Bertz CT molecular complexity index is 1120. The van der Waals surface area contributed by atoms with E-state index < -0.39 is 23.3 Å². The van der Waals surface area contributed by atoms with Crippen LogP contribution in [-0.2, 0) is 25.5 Å². The Balaban J connectivity index is 1.58. The number of nitrogens with one attached hydrogen (secondary N) is 4. The molecule has 1 aromatic heterocycles. The van der Waals surface area contributed by atoms with E-state index in [1.807, 2.05) is 13.0 Å². The summed E-state index contributed by atoms with van der Waals surface area (Å²) in [7, 11) is 1.53. The van der Waals surface area contributed by atoms with Crippen LogP contribution in [0.4, 0.5) is 5.69 Å². The molecule has 0 bridgehead atoms. The second kappa shape index (κ2) is 10.7. The van der Waals surface area contributed by atoms with E-state index in [4.69, 9.17) is 9.47 Å². The Morgan fingerprint density at radius 2 is 2.03 bits per heavy atom. The molecule has 2 heterocycles. The lowest BCUT2D eigenvalue weighted by Gasteiger charge is -2.24. The van der Waals surface area contributed by atoms with E-state index in [9.17, 15) is 14.4 Å². The number of anilines is 1. The predicted molar refractivity (Wildman–Crippen MR) is 127 cm³/mol. The lowest BCUT2D eigenvalue weighted by Crippen LogP contribution is -2.57. The maximum atomic E-state index is 12.5. The molecule has 0 saturated carbocycles. The van der Waals surface area contributed by atoms with Gasteiger partial charge in [-0.05, 0) is 50.1 Å². The molecular formula is C24H29N5O5. The Hall–Kier alpha value is -4.08. The molecule has 10 nitrogen and oxygen atoms in total. The third-order valence-corrected chi connectivity index (χ3v) is 5.25. The molecule has 1 aliphatic rings. The number of hydrogen-bond donors (Lipinski definition) is 4. The number of aromatic nitrogens is 2. The molecule has 180 valence electrons. The number of amides is 3. The van der Waals surface area contributed by atoms with Crippen LogP contribution in [0.2, 0.25) is 0 Å². The highest BCUT2D eigenvalue weighted by molar-refractivity contribution is 6.40. The molecule has 10 heteroatoms. The summed E-state index contributed by atoms with van der Waals surface area (Å²) in [5, 5.41) is 7.76. The van der Waals surface area contributed by atoms with Crippen LogP contribution in [0.15, 0.2) is 48.6 Å². The Morgan fingerprint density at radius 3 is 2.71 bits per heavy atom. The third-order valence-electron chi connectivity index (χ3n) is 5.25. The van der Waals surface area contributed by atoms with Gasteiger partial charge in [-0.2, -0.15) is 0 Å². The highest BCUT2D eigenvalue weighted by Gasteiger charge is 2.31. The lowest BCUT2D eigenvalue weighted by molar-refractivity contribution is -0.139. The fourth-order valence-corrected chi connectivity index (χ4v) is 3.38. The molecule has 1 aliphatic heterocycles. The second-order valence-corrected chi connectivity index (χ2v) is 8.28. The average molecular weight is 468 g/mol. The molecule has 0 spiro atoms. The summed E-state index contributed by atoms with van der Waals surface area (Å²) in [6, 6.07) is 5.12. The number of methoxy groups -OCH3 is 1. The van der Waals surface area contributed by atoms with Crippen LogP contribution in [0.3, 0.4) is 0 Å². The summed E-state index contributed by atoms with van der Waals surface area (Å²) >= 11 is 0. The monoisotopic (exact) mass is 467 g/mol. The van der Waals surface area contributed by atoms with E-state index in [0.717, 1.165) is 22.4 Å². The minimum absolute atomic E-state index is 0.357. The van der Waals surface area contributed by atoms with Gasteiger partial charge in [-0.3, -0.25) is 14.4 Å². The van der Waals surface area contributed by atoms with E-state index in [0.29, 0.717) is 31.0 Å². The van der Waals surface area contributed by atoms with E-state index in [1.54, 1.807) is 37.0 Å². The lowest BCUT2D eigenvalue weighted by atomic mass is 9.97. The first-order valence-electron chi connectivity index (χ1n) is 10.8. The van der Waals surface area contributed by atoms with Crippen molar-refractivity contribution in [2.24, 2.45) is 0 Å². The molecule has 0 radical (unpaired) electrons. The third kappa shape index (κ3) is 6.03. The van der Waals surface area contributed by atoms with Crippen molar-refractivity contribution in [3.63, 3.8) is 0 Å². The summed E-state index contributed by atoms with van der Waals surface area (Å²) in [6.07, 6.45) is 7.42. The maximum absolute atomic E-state index is 12.5. The zero-order chi connectivity index (χ0) is 24.7. The van der Waals surface area contributed by atoms with Gasteiger partial charge in [-0.1, -0.05) is 0 Å². The number of rotatable bonds is 8. The van der Waals surface area contributed by atoms with Gasteiger partial charge in [0.05, 0.1) is 19.7 Å². The van der Waals surface area contributed by atoms with E-state index in [-0.39, 0.29) is 0 Å². The predicted octanol–water partition coefficient (Wildman–Crippen LogP) is 1.93. The SMILES string of the molecule is COc1cc(NC(=O)C(=O)NC(C)(C)C(=O)NCCc2cnc[nH]2)ccc1C1=CCOC=C1C. The zero-order valence-electron chi connectivity index (χ0n) is 19.7. The molecule has 3 amide bonds. The molecule has 1 aromatic carbocycles. The highest BCUT2D eigenvalue weighted by atomic mass is 16.5. The van der Waals surface area contributed by atoms with E-state index in [2.05, 4.69) is 25.9 Å². The van der Waals surface area contributed by atoms with Gasteiger partial charge in [0.1, 0.15) is 17.9 Å². The quantitative estimate of drug-likeness (QED) is 0.438. The number of H-pyrrole nitrogens is 1. The molecule has 34 heavy (non-hydrogen) atoms. The largest absolute Gasteiger partial charge is 0.497 e. The molecule has 4 N–H and O–H groups in total. The smallest absolute Gasteiger partial charge is 0.313 e. The summed E-state index contributed by atoms with van der Waals surface area (Å²) < 4.78 is 10.8. The van der Waals surface area contributed by atoms with Gasteiger partial charge in [0, 0.05) is 42.2 Å². The number of benzene rings is 1. The van der Waals surface area contributed by atoms with Gasteiger partial charge in [0.15, 0.2) is 0 Å². The fourth-order valence-electron chi connectivity index (χ4n) is 3.38. The summed E-state index contributed by atoms with van der Waals surface area (Å²) in [5.74, 6) is -1.69. The number of hydrogen-bond acceptors (Lipinski definition) is 6. The Morgan fingerprint density at radius 1 is 1.24 bits per heavy atom. The molecule has 0 unspecified atom stereocenters. The van der Waals surface area contributed by atoms with Crippen LogP contribution in [0, 0.1) is 0 Å². The standard InChI is InChI=1S/C24H29N5O5/c1-15-13-34-10-8-18(15)19-6-5-16(11-20(19)33-4)28-21(30)22(31)29-24(2,3)23(32)26-9-7-17-12-25-14-27-17/h5-6,8,11-14H,7,9-10H2,1-4H3,(H,25,27)(H,26,32)(H,28,30)(H,29,31). The first-order chi connectivity index (χ1) is 16.2. The summed E-state index contributed by atoms with van der Waals surface area (Å²) in [5.41, 5.74) is 2.74. The number of ether oxygens (including phenoxy) is 2. The molecule has 0 saturated heterocycles. The van der Waals surface area contributed by atoms with Crippen molar-refractivity contribution in [3.05, 3.63) is 59.9 Å². The minimum atomic E-state index is -1.29. The average Bonchev–Trinajstić information content (AvgIpc) is 3.32. The molecule has 2 aromatic rings. The molecule has 0 atom stereocenters. The molecular weight excluding hydrogens is 438 g/mol. The Kier molecular flexibility index (Phi) is 7.72. The van der Waals surface area contributed by atoms with Crippen molar-refractivity contribution in [2.75, 3.05) is 25.6 Å². The number of carbonyl (C=O) groups is 3. The van der Waals surface area contributed by atoms with E-state index in [1.165, 1.54) is 21.0 Å². The maximum Gasteiger partial charge on any atom is 0.313 e. The molecule has 3 rings (SSSR count). The van der Waals surface area contributed by atoms with Crippen LogP contribution in [0.1, 0.15) is 32.0 Å². The van der Waals surface area contributed by atoms with Crippen molar-refractivity contribution >= 4 is 29.0 Å². The second-order valence-electron chi connectivity index (χ2n) is 8.28. The van der Waals surface area contributed by atoms with Gasteiger partial charge in [-0.25, -0.2) is 4.98 Å². The van der Waals surface area contributed by atoms with Gasteiger partial charge < -0.3 is 30.4 Å². The Labute approximate surface area is 197 Å². The number of aromatic amines is 1. The number of allylic oxidation sites excluding steroid dienone is 2. The van der Waals surface area contributed by atoms with Crippen LogP contribution in [-0.4, -0.2) is 53.5 Å².